The van der Waals surface area contributed by atoms with Gasteiger partial charge >= 0.3 is 0 Å². The molecule has 0 aliphatic heterocycles. The predicted molar refractivity (Wildman–Crippen MR) is 149 cm³/mol. The van der Waals surface area contributed by atoms with Crippen molar-refractivity contribution in [3.63, 3.8) is 0 Å². The van der Waals surface area contributed by atoms with Crippen molar-refractivity contribution in [1.82, 2.24) is 9.88 Å². The Bertz CT molecular complexity index is 1560. The number of amides is 1. The fourth-order valence-corrected chi connectivity index (χ4v) is 4.11. The molecule has 0 fully saturated rings. The van der Waals surface area contributed by atoms with Gasteiger partial charge in [-0.1, -0.05) is 18.2 Å². The minimum Gasteiger partial charge on any atom is -0.497 e. The van der Waals surface area contributed by atoms with Crippen molar-refractivity contribution in [1.29, 1.82) is 0 Å². The summed E-state index contributed by atoms with van der Waals surface area (Å²) in [5.74, 6) is -0.995. The van der Waals surface area contributed by atoms with Crippen molar-refractivity contribution in [2.75, 3.05) is 12.4 Å². The molecular formula is C28H24F2IN3O4. The molecule has 0 aliphatic carbocycles. The number of hydrogen-bond donors (Lipinski definition) is 2. The van der Waals surface area contributed by atoms with E-state index in [4.69, 9.17) is 9.47 Å². The largest absolute Gasteiger partial charge is 0.497 e. The molecule has 0 radical (unpaired) electrons. The lowest BCUT2D eigenvalue weighted by atomic mass is 10.1. The van der Waals surface area contributed by atoms with Gasteiger partial charge in [-0.05, 0) is 77.0 Å². The number of pyridine rings is 1. The molecule has 4 rings (SSSR count). The minimum absolute atomic E-state index is 0.00824. The third-order valence-electron chi connectivity index (χ3n) is 5.80. The number of aromatic nitrogens is 1. The Morgan fingerprint density at radius 3 is 2.42 bits per heavy atom. The fraction of sp³-hybridized carbons (Fsp3) is 0.143. The molecule has 1 aromatic heterocycles. The van der Waals surface area contributed by atoms with E-state index in [2.05, 4.69) is 10.6 Å². The van der Waals surface area contributed by atoms with Crippen LogP contribution in [0, 0.1) is 22.1 Å². The first-order valence-electron chi connectivity index (χ1n) is 11.5. The van der Waals surface area contributed by atoms with Crippen LogP contribution in [0.5, 0.6) is 17.2 Å². The zero-order chi connectivity index (χ0) is 27.4. The second-order valence-corrected chi connectivity index (χ2v) is 9.67. The number of rotatable bonds is 8. The van der Waals surface area contributed by atoms with Gasteiger partial charge in [0.25, 0.3) is 11.5 Å². The number of carbonyl (C=O) groups is 1. The van der Waals surface area contributed by atoms with Gasteiger partial charge < -0.3 is 20.1 Å². The van der Waals surface area contributed by atoms with Crippen LogP contribution in [-0.4, -0.2) is 17.6 Å². The van der Waals surface area contributed by atoms with Crippen LogP contribution < -0.4 is 25.7 Å². The van der Waals surface area contributed by atoms with Gasteiger partial charge in [-0.15, -0.1) is 0 Å². The highest BCUT2D eigenvalue weighted by Crippen LogP contribution is 2.33. The Morgan fingerprint density at radius 1 is 1.00 bits per heavy atom. The van der Waals surface area contributed by atoms with E-state index in [9.17, 15) is 18.4 Å². The van der Waals surface area contributed by atoms with Crippen molar-refractivity contribution in [3.05, 3.63) is 109 Å². The second kappa shape index (κ2) is 11.6. The minimum atomic E-state index is -0.589. The van der Waals surface area contributed by atoms with Gasteiger partial charge in [0.1, 0.15) is 40.3 Å². The van der Waals surface area contributed by atoms with Gasteiger partial charge in [0.2, 0.25) is 0 Å². The molecule has 2 N–H and O–H groups in total. The molecule has 7 nitrogen and oxygen atoms in total. The molecule has 0 atom stereocenters. The van der Waals surface area contributed by atoms with E-state index in [0.717, 1.165) is 17.7 Å². The molecule has 3 aromatic carbocycles. The molecule has 1 heterocycles. The number of nitrogens with one attached hydrogen (secondary N) is 2. The van der Waals surface area contributed by atoms with Gasteiger partial charge in [-0.25, -0.2) is 8.78 Å². The van der Waals surface area contributed by atoms with Crippen LogP contribution in [0.2, 0.25) is 0 Å². The van der Waals surface area contributed by atoms with Crippen molar-refractivity contribution in [2.45, 2.75) is 13.5 Å². The van der Waals surface area contributed by atoms with Gasteiger partial charge in [-0.2, -0.15) is 0 Å². The highest BCUT2D eigenvalue weighted by molar-refractivity contribution is 14.1. The Balaban J connectivity index is 1.79. The van der Waals surface area contributed by atoms with Crippen LogP contribution in [0.25, 0.3) is 0 Å². The summed E-state index contributed by atoms with van der Waals surface area (Å²) >= 11 is 1.98. The van der Waals surface area contributed by atoms with E-state index in [0.29, 0.717) is 14.9 Å². The quantitative estimate of drug-likeness (QED) is 0.232. The third kappa shape index (κ3) is 6.13. The molecule has 0 aliphatic rings. The Kier molecular flexibility index (Phi) is 8.30. The highest BCUT2D eigenvalue weighted by atomic mass is 127. The number of benzene rings is 3. The normalized spacial score (nSPS) is 10.7. The first-order valence-corrected chi connectivity index (χ1v) is 12.6. The zero-order valence-corrected chi connectivity index (χ0v) is 22.9. The predicted octanol–water partition coefficient (Wildman–Crippen LogP) is 6.05. The molecule has 0 bridgehead atoms. The summed E-state index contributed by atoms with van der Waals surface area (Å²) in [5.41, 5.74) is 0.876. The molecule has 10 heteroatoms. The first-order chi connectivity index (χ1) is 18.2. The lowest BCUT2D eigenvalue weighted by Crippen LogP contribution is -2.29. The summed E-state index contributed by atoms with van der Waals surface area (Å²) < 4.78 is 41.7. The summed E-state index contributed by atoms with van der Waals surface area (Å²) in [5, 5.41) is 5.69. The van der Waals surface area contributed by atoms with Gasteiger partial charge in [0.15, 0.2) is 0 Å². The summed E-state index contributed by atoms with van der Waals surface area (Å²) in [6.45, 7) is 1.86. The maximum atomic E-state index is 14.7. The Labute approximate surface area is 231 Å². The number of nitrogens with zero attached hydrogens (tertiary/aromatic N) is 1. The van der Waals surface area contributed by atoms with Crippen molar-refractivity contribution in [2.24, 2.45) is 7.05 Å². The zero-order valence-electron chi connectivity index (χ0n) is 20.8. The molecule has 4 aromatic rings. The Morgan fingerprint density at radius 2 is 1.74 bits per heavy atom. The lowest BCUT2D eigenvalue weighted by Gasteiger charge is -2.20. The van der Waals surface area contributed by atoms with E-state index < -0.39 is 23.1 Å². The standard InChI is InChI=1S/C28H24F2IN3O4/c1-16-4-7-18(29)12-23(16)38-24-14-25(35)34(2)27(33-22-11-8-19(31)13-21(22)30)26(24)28(36)32-15-17-5-9-20(37-3)10-6-17/h4-14,33H,15H2,1-3H3,(H,32,36). The SMILES string of the molecule is COc1ccc(CNC(=O)c2c(Oc3cc(F)ccc3C)cc(=O)n(C)c2Nc2ccc(I)cc2F)cc1. The van der Waals surface area contributed by atoms with Crippen LogP contribution in [0.1, 0.15) is 21.5 Å². The van der Waals surface area contributed by atoms with Crippen molar-refractivity contribution >= 4 is 40.0 Å². The number of hydrogen-bond acceptors (Lipinski definition) is 5. The van der Waals surface area contributed by atoms with Crippen LogP contribution in [0.15, 0.2) is 71.5 Å². The molecule has 38 heavy (non-hydrogen) atoms. The first kappa shape index (κ1) is 27.1. The Hall–Kier alpha value is -3.93. The molecule has 196 valence electrons. The highest BCUT2D eigenvalue weighted by Gasteiger charge is 2.24. The van der Waals surface area contributed by atoms with E-state index in [1.54, 1.807) is 44.4 Å². The van der Waals surface area contributed by atoms with Crippen LogP contribution in [-0.2, 0) is 13.6 Å². The smallest absolute Gasteiger partial charge is 0.259 e. The van der Waals surface area contributed by atoms with Crippen molar-refractivity contribution < 1.29 is 23.0 Å². The van der Waals surface area contributed by atoms with E-state index in [-0.39, 0.29) is 35.1 Å². The summed E-state index contributed by atoms with van der Waals surface area (Å²) in [7, 11) is 3.01. The molecular weight excluding hydrogens is 607 g/mol. The number of anilines is 2. The third-order valence-corrected chi connectivity index (χ3v) is 6.47. The van der Waals surface area contributed by atoms with Crippen LogP contribution >= 0.6 is 22.6 Å². The maximum Gasteiger partial charge on any atom is 0.259 e. The van der Waals surface area contributed by atoms with Crippen molar-refractivity contribution in [3.8, 4) is 17.2 Å². The van der Waals surface area contributed by atoms with Gasteiger partial charge in [0.05, 0.1) is 12.8 Å². The summed E-state index contributed by atoms with van der Waals surface area (Å²) in [6, 6.07) is 16.7. The monoisotopic (exact) mass is 631 g/mol. The fourth-order valence-electron chi connectivity index (χ4n) is 3.66. The topological polar surface area (TPSA) is 81.6 Å². The van der Waals surface area contributed by atoms with Gasteiger partial charge in [-0.3, -0.25) is 14.2 Å². The molecule has 1 amide bonds. The summed E-state index contributed by atoms with van der Waals surface area (Å²) in [4.78, 5) is 26.5. The van der Waals surface area contributed by atoms with E-state index >= 15 is 0 Å². The second-order valence-electron chi connectivity index (χ2n) is 8.42. The number of aryl methyl sites for hydroxylation is 1. The molecule has 0 saturated carbocycles. The molecule has 0 spiro atoms. The number of ether oxygens (including phenoxy) is 2. The average molecular weight is 631 g/mol. The number of carbonyl (C=O) groups excluding carboxylic acids is 1. The van der Waals surface area contributed by atoms with Crippen LogP contribution in [0.3, 0.4) is 0 Å². The van der Waals surface area contributed by atoms with E-state index in [1.165, 1.54) is 35.9 Å². The summed E-state index contributed by atoms with van der Waals surface area (Å²) in [6.07, 6.45) is 0. The molecule has 0 saturated heterocycles. The lowest BCUT2D eigenvalue weighted by molar-refractivity contribution is 0.0948. The van der Waals surface area contributed by atoms with Crippen LogP contribution in [0.4, 0.5) is 20.3 Å². The van der Waals surface area contributed by atoms with E-state index in [1.807, 2.05) is 22.6 Å². The number of methoxy groups -OCH3 is 1. The average Bonchev–Trinajstić information content (AvgIpc) is 2.89. The molecule has 0 unspecified atom stereocenters. The van der Waals surface area contributed by atoms with Gasteiger partial charge in [0, 0.05) is 29.3 Å². The number of halogens is 3. The maximum absolute atomic E-state index is 14.7.